The lowest BCUT2D eigenvalue weighted by atomic mass is 10.2. The van der Waals surface area contributed by atoms with Crippen LogP contribution in [0.1, 0.15) is 10.4 Å². The largest absolute Gasteiger partial charge is 0.325 e. The number of benzene rings is 2. The molecule has 0 unspecified atom stereocenters. The molecule has 9 nitrogen and oxygen atoms in total. The van der Waals surface area contributed by atoms with E-state index < -0.39 is 10.8 Å². The fourth-order valence-corrected chi connectivity index (χ4v) is 4.19. The Balaban J connectivity index is 1.52. The Labute approximate surface area is 187 Å². The molecule has 0 aliphatic carbocycles. The van der Waals surface area contributed by atoms with Gasteiger partial charge in [-0.05, 0) is 30.3 Å². The van der Waals surface area contributed by atoms with Crippen molar-refractivity contribution in [2.45, 2.75) is 4.34 Å². The van der Waals surface area contributed by atoms with E-state index in [0.29, 0.717) is 15.0 Å². The standard InChI is InChI=1S/C17H11Cl2N5O4S2/c18-9-1-6-12(13(19)7-9)15(26)21-16-22-23-17(30-16)29-8-14(25)20-10-2-4-11(5-3-10)24(27)28/h1-7H,8H2,(H,20,25)(H,21,22,26). The molecule has 0 fully saturated rings. The second kappa shape index (κ2) is 9.85. The molecule has 0 saturated carbocycles. The van der Waals surface area contributed by atoms with Gasteiger partial charge in [0.15, 0.2) is 4.34 Å². The minimum Gasteiger partial charge on any atom is -0.325 e. The number of non-ortho nitro benzene ring substituents is 1. The van der Waals surface area contributed by atoms with Gasteiger partial charge in [0.05, 0.1) is 21.3 Å². The van der Waals surface area contributed by atoms with Gasteiger partial charge in [-0.15, -0.1) is 10.2 Å². The molecule has 2 N–H and O–H groups in total. The average Bonchev–Trinajstić information content (AvgIpc) is 3.14. The first kappa shape index (κ1) is 22.0. The summed E-state index contributed by atoms with van der Waals surface area (Å²) in [7, 11) is 0. The molecule has 30 heavy (non-hydrogen) atoms. The van der Waals surface area contributed by atoms with Gasteiger partial charge in [0.25, 0.3) is 11.6 Å². The smallest absolute Gasteiger partial charge is 0.269 e. The fourth-order valence-electron chi connectivity index (χ4n) is 2.15. The molecular weight excluding hydrogens is 473 g/mol. The van der Waals surface area contributed by atoms with Gasteiger partial charge in [-0.3, -0.25) is 25.0 Å². The van der Waals surface area contributed by atoms with Crippen LogP contribution in [-0.2, 0) is 4.79 Å². The van der Waals surface area contributed by atoms with E-state index in [9.17, 15) is 19.7 Å². The zero-order valence-corrected chi connectivity index (χ0v) is 17.9. The summed E-state index contributed by atoms with van der Waals surface area (Å²) in [6.45, 7) is 0. The maximum absolute atomic E-state index is 12.3. The van der Waals surface area contributed by atoms with Crippen LogP contribution in [0.3, 0.4) is 0 Å². The molecule has 13 heteroatoms. The fraction of sp³-hybridized carbons (Fsp3) is 0.0588. The van der Waals surface area contributed by atoms with Crippen LogP contribution in [0.4, 0.5) is 16.5 Å². The molecule has 0 spiro atoms. The van der Waals surface area contributed by atoms with Crippen molar-refractivity contribution in [3.63, 3.8) is 0 Å². The van der Waals surface area contributed by atoms with Crippen molar-refractivity contribution in [3.8, 4) is 0 Å². The minimum absolute atomic E-state index is 0.0442. The van der Waals surface area contributed by atoms with E-state index in [1.54, 1.807) is 6.07 Å². The number of aromatic nitrogens is 2. The summed E-state index contributed by atoms with van der Waals surface area (Å²) >= 11 is 14.1. The summed E-state index contributed by atoms with van der Waals surface area (Å²) in [5.74, 6) is -0.731. The topological polar surface area (TPSA) is 127 Å². The Morgan fingerprint density at radius 3 is 2.50 bits per heavy atom. The molecule has 3 aromatic rings. The van der Waals surface area contributed by atoms with Crippen molar-refractivity contribution in [1.82, 2.24) is 10.2 Å². The number of carbonyl (C=O) groups excluding carboxylic acids is 2. The average molecular weight is 484 g/mol. The number of halogens is 2. The first-order valence-corrected chi connectivity index (χ1v) is 10.6. The summed E-state index contributed by atoms with van der Waals surface area (Å²) in [6, 6.07) is 10.0. The van der Waals surface area contributed by atoms with Crippen LogP contribution in [0.2, 0.25) is 10.0 Å². The number of hydrogen-bond acceptors (Lipinski definition) is 8. The van der Waals surface area contributed by atoms with Gasteiger partial charge < -0.3 is 5.32 Å². The molecule has 1 heterocycles. The van der Waals surface area contributed by atoms with Gasteiger partial charge in [0, 0.05) is 22.8 Å². The molecule has 0 aliphatic rings. The summed E-state index contributed by atoms with van der Waals surface area (Å²) in [5, 5.41) is 24.5. The van der Waals surface area contributed by atoms with Gasteiger partial charge in [-0.1, -0.05) is 46.3 Å². The molecule has 0 radical (unpaired) electrons. The van der Waals surface area contributed by atoms with Crippen molar-refractivity contribution < 1.29 is 14.5 Å². The molecule has 2 aromatic carbocycles. The SMILES string of the molecule is O=C(CSc1nnc(NC(=O)c2ccc(Cl)cc2Cl)s1)Nc1ccc([N+](=O)[O-])cc1. The highest BCUT2D eigenvalue weighted by Gasteiger charge is 2.15. The van der Waals surface area contributed by atoms with Crippen LogP contribution >= 0.6 is 46.3 Å². The third-order valence-corrected chi connectivity index (χ3v) is 6.01. The number of anilines is 2. The highest BCUT2D eigenvalue weighted by molar-refractivity contribution is 8.01. The number of thioether (sulfide) groups is 1. The van der Waals surface area contributed by atoms with E-state index in [1.807, 2.05) is 0 Å². The van der Waals surface area contributed by atoms with Gasteiger partial charge >= 0.3 is 0 Å². The molecule has 1 aromatic heterocycles. The monoisotopic (exact) mass is 483 g/mol. The van der Waals surface area contributed by atoms with E-state index in [0.717, 1.165) is 23.1 Å². The number of amides is 2. The number of nitrogens with one attached hydrogen (secondary N) is 2. The third kappa shape index (κ3) is 5.89. The summed E-state index contributed by atoms with van der Waals surface area (Å²) in [4.78, 5) is 34.4. The Morgan fingerprint density at radius 1 is 1.10 bits per heavy atom. The zero-order chi connectivity index (χ0) is 21.7. The molecule has 0 saturated heterocycles. The Hall–Kier alpha value is -2.73. The minimum atomic E-state index is -0.520. The van der Waals surface area contributed by atoms with E-state index >= 15 is 0 Å². The van der Waals surface area contributed by atoms with E-state index in [2.05, 4.69) is 20.8 Å². The van der Waals surface area contributed by atoms with Gasteiger partial charge in [-0.2, -0.15) is 0 Å². The van der Waals surface area contributed by atoms with Crippen LogP contribution in [0.15, 0.2) is 46.8 Å². The number of rotatable bonds is 7. The molecule has 0 aliphatic heterocycles. The van der Waals surface area contributed by atoms with Crippen LogP contribution in [0.25, 0.3) is 0 Å². The number of nitrogens with zero attached hydrogens (tertiary/aromatic N) is 3. The summed E-state index contributed by atoms with van der Waals surface area (Å²) in [5.41, 5.74) is 0.620. The van der Waals surface area contributed by atoms with Gasteiger partial charge in [0.1, 0.15) is 0 Å². The van der Waals surface area contributed by atoms with E-state index in [-0.39, 0.29) is 33.1 Å². The van der Waals surface area contributed by atoms with Crippen LogP contribution in [0, 0.1) is 10.1 Å². The Morgan fingerprint density at radius 2 is 1.83 bits per heavy atom. The highest BCUT2D eigenvalue weighted by Crippen LogP contribution is 2.27. The highest BCUT2D eigenvalue weighted by atomic mass is 35.5. The molecular formula is C17H11Cl2N5O4S2. The predicted octanol–water partition coefficient (Wildman–Crippen LogP) is 4.74. The van der Waals surface area contributed by atoms with Crippen molar-refractivity contribution in [2.24, 2.45) is 0 Å². The maximum Gasteiger partial charge on any atom is 0.269 e. The number of nitro groups is 1. The number of nitro benzene ring substituents is 1. The van der Waals surface area contributed by atoms with Gasteiger partial charge in [0.2, 0.25) is 11.0 Å². The normalized spacial score (nSPS) is 10.5. The molecule has 0 bridgehead atoms. The van der Waals surface area contributed by atoms with E-state index in [1.165, 1.54) is 36.4 Å². The predicted molar refractivity (Wildman–Crippen MR) is 117 cm³/mol. The number of carbonyl (C=O) groups is 2. The van der Waals surface area contributed by atoms with Gasteiger partial charge in [-0.25, -0.2) is 0 Å². The van der Waals surface area contributed by atoms with Crippen molar-refractivity contribution in [2.75, 3.05) is 16.4 Å². The second-order valence-corrected chi connectivity index (χ2v) is 8.64. The third-order valence-electron chi connectivity index (χ3n) is 3.49. The molecule has 154 valence electrons. The quantitative estimate of drug-likeness (QED) is 0.215. The molecule has 2 amide bonds. The van der Waals surface area contributed by atoms with E-state index in [4.69, 9.17) is 23.2 Å². The maximum atomic E-state index is 12.3. The summed E-state index contributed by atoms with van der Waals surface area (Å²) < 4.78 is 0.478. The lowest BCUT2D eigenvalue weighted by molar-refractivity contribution is -0.384. The Kier molecular flexibility index (Phi) is 7.21. The zero-order valence-electron chi connectivity index (χ0n) is 14.8. The first-order chi connectivity index (χ1) is 14.3. The lowest BCUT2D eigenvalue weighted by Crippen LogP contribution is -2.13. The van der Waals surface area contributed by atoms with Crippen molar-refractivity contribution >= 4 is 74.6 Å². The van der Waals surface area contributed by atoms with Crippen LogP contribution < -0.4 is 10.6 Å². The second-order valence-electron chi connectivity index (χ2n) is 5.59. The van der Waals surface area contributed by atoms with Crippen molar-refractivity contribution in [3.05, 3.63) is 68.2 Å². The molecule has 0 atom stereocenters. The Bertz CT molecular complexity index is 1110. The lowest BCUT2D eigenvalue weighted by Gasteiger charge is -2.04. The number of hydrogen-bond donors (Lipinski definition) is 2. The van der Waals surface area contributed by atoms with Crippen molar-refractivity contribution in [1.29, 1.82) is 0 Å². The first-order valence-electron chi connectivity index (χ1n) is 8.09. The van der Waals surface area contributed by atoms with Crippen LogP contribution in [0.5, 0.6) is 0 Å². The van der Waals surface area contributed by atoms with Crippen LogP contribution in [-0.4, -0.2) is 32.7 Å². The molecule has 3 rings (SSSR count). The summed E-state index contributed by atoms with van der Waals surface area (Å²) in [6.07, 6.45) is 0.